The molecule has 2 aromatic carbocycles. The summed E-state index contributed by atoms with van der Waals surface area (Å²) in [6.07, 6.45) is 5.88. The average Bonchev–Trinajstić information content (AvgIpc) is 2.95. The van der Waals surface area contributed by atoms with Crippen LogP contribution >= 0.6 is 15.9 Å². The normalized spacial score (nSPS) is 19.0. The molecule has 4 rings (SSSR count). The van der Waals surface area contributed by atoms with Gasteiger partial charge in [0.1, 0.15) is 5.75 Å². The minimum Gasteiger partial charge on any atom is -0.508 e. The molecule has 1 fully saturated rings. The number of phenols is 1. The molecule has 5 heteroatoms. The first-order chi connectivity index (χ1) is 12.6. The molecular weight excluding hydrogens is 392 g/mol. The summed E-state index contributed by atoms with van der Waals surface area (Å²) in [6, 6.07) is 13.2. The van der Waals surface area contributed by atoms with Gasteiger partial charge in [-0.3, -0.25) is 4.79 Å². The van der Waals surface area contributed by atoms with Gasteiger partial charge in [0.05, 0.1) is 11.3 Å². The Hall–Kier alpha value is -2.27. The highest BCUT2D eigenvalue weighted by atomic mass is 79.9. The zero-order valence-electron chi connectivity index (χ0n) is 14.4. The van der Waals surface area contributed by atoms with Crippen LogP contribution in [0.3, 0.4) is 0 Å². The zero-order chi connectivity index (χ0) is 18.1. The highest BCUT2D eigenvalue weighted by Gasteiger charge is 2.29. The van der Waals surface area contributed by atoms with Crippen LogP contribution < -0.4 is 10.6 Å². The molecule has 1 aliphatic carbocycles. The van der Waals surface area contributed by atoms with Crippen LogP contribution in [0.1, 0.15) is 43.2 Å². The molecule has 0 radical (unpaired) electrons. The number of anilines is 1. The summed E-state index contributed by atoms with van der Waals surface area (Å²) in [6.45, 7) is 0. The van der Waals surface area contributed by atoms with Gasteiger partial charge in [0, 0.05) is 27.3 Å². The van der Waals surface area contributed by atoms with Crippen LogP contribution in [0.25, 0.3) is 11.3 Å². The van der Waals surface area contributed by atoms with E-state index in [4.69, 9.17) is 0 Å². The van der Waals surface area contributed by atoms with Crippen LogP contribution in [0.15, 0.2) is 46.9 Å². The Kier molecular flexibility index (Phi) is 4.72. The molecule has 1 saturated carbocycles. The van der Waals surface area contributed by atoms with Crippen molar-refractivity contribution >= 4 is 38.8 Å². The number of halogens is 1. The quantitative estimate of drug-likeness (QED) is 0.628. The Morgan fingerprint density at radius 3 is 2.69 bits per heavy atom. The van der Waals surface area contributed by atoms with Crippen molar-refractivity contribution in [3.63, 3.8) is 0 Å². The van der Waals surface area contributed by atoms with Gasteiger partial charge in [0.2, 0.25) is 0 Å². The second-order valence-electron chi connectivity index (χ2n) is 6.92. The van der Waals surface area contributed by atoms with E-state index in [1.165, 1.54) is 19.3 Å². The fourth-order valence-corrected chi connectivity index (χ4v) is 4.16. The number of carbonyl (C=O) groups excluding carboxylic acids is 1. The molecule has 0 bridgehead atoms. The van der Waals surface area contributed by atoms with Gasteiger partial charge < -0.3 is 15.7 Å². The smallest absolute Gasteiger partial charge is 0.258 e. The maximum Gasteiger partial charge on any atom is 0.258 e. The number of hydrogen-bond donors (Lipinski definition) is 3. The number of hydrogen-bond acceptors (Lipinski definition) is 3. The molecule has 0 aromatic heterocycles. The Labute approximate surface area is 161 Å². The number of phenolic OH excluding ortho intramolecular Hbond substituents is 1. The first kappa shape index (κ1) is 17.2. The summed E-state index contributed by atoms with van der Waals surface area (Å²) in [5.74, 6) is 0.0821. The van der Waals surface area contributed by atoms with E-state index in [1.54, 1.807) is 12.1 Å². The van der Waals surface area contributed by atoms with E-state index in [9.17, 15) is 9.90 Å². The fraction of sp³-hybridized carbons (Fsp3) is 0.286. The summed E-state index contributed by atoms with van der Waals surface area (Å²) in [7, 11) is 0. The predicted molar refractivity (Wildman–Crippen MR) is 108 cm³/mol. The molecule has 2 aromatic rings. The molecule has 0 atom stereocenters. The van der Waals surface area contributed by atoms with Crippen molar-refractivity contribution in [2.75, 3.05) is 5.32 Å². The van der Waals surface area contributed by atoms with Crippen LogP contribution in [0.5, 0.6) is 5.75 Å². The van der Waals surface area contributed by atoms with Gasteiger partial charge in [-0.05, 0) is 43.2 Å². The van der Waals surface area contributed by atoms with Crippen LogP contribution in [0.2, 0.25) is 0 Å². The Balaban J connectivity index is 1.85. The summed E-state index contributed by atoms with van der Waals surface area (Å²) < 4.78 is 0.929. The van der Waals surface area contributed by atoms with E-state index >= 15 is 0 Å². The molecule has 1 aliphatic heterocycles. The van der Waals surface area contributed by atoms with Gasteiger partial charge in [-0.15, -0.1) is 0 Å². The minimum absolute atomic E-state index is 0.111. The number of fused-ring (bicyclic) bond motifs is 1. The van der Waals surface area contributed by atoms with E-state index in [0.717, 1.165) is 39.8 Å². The van der Waals surface area contributed by atoms with Crippen molar-refractivity contribution in [1.82, 2.24) is 5.32 Å². The summed E-state index contributed by atoms with van der Waals surface area (Å²) in [5.41, 5.74) is 3.95. The average molecular weight is 413 g/mol. The van der Waals surface area contributed by atoms with E-state index in [2.05, 4.69) is 26.6 Å². The molecule has 0 spiro atoms. The Bertz CT molecular complexity index is 885. The molecule has 1 amide bonds. The zero-order valence-corrected chi connectivity index (χ0v) is 16.0. The monoisotopic (exact) mass is 412 g/mol. The topological polar surface area (TPSA) is 61.4 Å². The van der Waals surface area contributed by atoms with Gasteiger partial charge in [0.25, 0.3) is 5.91 Å². The van der Waals surface area contributed by atoms with E-state index in [1.807, 2.05) is 30.3 Å². The minimum atomic E-state index is -0.111. The predicted octanol–water partition coefficient (Wildman–Crippen LogP) is 4.90. The fourth-order valence-electron chi connectivity index (χ4n) is 3.80. The lowest BCUT2D eigenvalue weighted by molar-refractivity contribution is -0.110. The highest BCUT2D eigenvalue weighted by molar-refractivity contribution is 9.10. The second-order valence-corrected chi connectivity index (χ2v) is 7.84. The summed E-state index contributed by atoms with van der Waals surface area (Å²) in [4.78, 5) is 12.8. The lowest BCUT2D eigenvalue weighted by Gasteiger charge is -2.26. The van der Waals surface area contributed by atoms with Crippen molar-refractivity contribution < 1.29 is 9.90 Å². The molecule has 26 heavy (non-hydrogen) atoms. The van der Waals surface area contributed by atoms with Gasteiger partial charge >= 0.3 is 0 Å². The molecule has 3 N–H and O–H groups in total. The van der Waals surface area contributed by atoms with Crippen molar-refractivity contribution in [2.45, 2.75) is 38.1 Å². The largest absolute Gasteiger partial charge is 0.508 e. The first-order valence-corrected chi connectivity index (χ1v) is 9.82. The van der Waals surface area contributed by atoms with Crippen molar-refractivity contribution in [3.05, 3.63) is 58.1 Å². The van der Waals surface area contributed by atoms with Crippen LogP contribution in [0.4, 0.5) is 5.69 Å². The van der Waals surface area contributed by atoms with Gasteiger partial charge in [-0.25, -0.2) is 0 Å². The van der Waals surface area contributed by atoms with Crippen LogP contribution in [-0.4, -0.2) is 17.1 Å². The van der Waals surface area contributed by atoms with Gasteiger partial charge in [-0.1, -0.05) is 47.3 Å². The molecule has 4 nitrogen and oxygen atoms in total. The molecule has 0 saturated heterocycles. The second kappa shape index (κ2) is 7.16. The molecule has 0 unspecified atom stereocenters. The molecule has 2 aliphatic rings. The van der Waals surface area contributed by atoms with Crippen molar-refractivity contribution in [1.29, 1.82) is 0 Å². The number of amides is 1. The maximum atomic E-state index is 12.8. The van der Waals surface area contributed by atoms with Crippen LogP contribution in [-0.2, 0) is 4.79 Å². The van der Waals surface area contributed by atoms with E-state index in [-0.39, 0.29) is 11.7 Å². The maximum absolute atomic E-state index is 12.8. The standard InChI is InChI=1S/C21H21BrN2O2/c22-14-9-10-18-17(12-14)19(21(26)24-18)20(13-5-4-8-16(25)11-13)23-15-6-2-1-3-7-15/h4-5,8-12,15,23,25H,1-3,6-7H2,(H,24,26)/b20-19-. The van der Waals surface area contributed by atoms with Crippen molar-refractivity contribution in [3.8, 4) is 5.75 Å². The van der Waals surface area contributed by atoms with Crippen LogP contribution in [0, 0.1) is 0 Å². The number of benzene rings is 2. The highest BCUT2D eigenvalue weighted by Crippen LogP contribution is 2.38. The number of carbonyl (C=O) groups is 1. The third-order valence-corrected chi connectivity index (χ3v) is 5.56. The van der Waals surface area contributed by atoms with E-state index in [0.29, 0.717) is 11.6 Å². The molecule has 134 valence electrons. The van der Waals surface area contributed by atoms with Gasteiger partial charge in [-0.2, -0.15) is 0 Å². The number of rotatable bonds is 3. The first-order valence-electron chi connectivity index (χ1n) is 9.03. The molecular formula is C21H21BrN2O2. The number of nitrogens with one attached hydrogen (secondary N) is 2. The lowest BCUT2D eigenvalue weighted by Crippen LogP contribution is -2.31. The van der Waals surface area contributed by atoms with Crippen molar-refractivity contribution in [2.24, 2.45) is 0 Å². The Morgan fingerprint density at radius 1 is 1.12 bits per heavy atom. The number of aromatic hydroxyl groups is 1. The van der Waals surface area contributed by atoms with Gasteiger partial charge in [0.15, 0.2) is 0 Å². The Morgan fingerprint density at radius 2 is 1.92 bits per heavy atom. The lowest BCUT2D eigenvalue weighted by atomic mass is 9.93. The summed E-state index contributed by atoms with van der Waals surface area (Å²) >= 11 is 3.51. The summed E-state index contributed by atoms with van der Waals surface area (Å²) in [5, 5.41) is 16.5. The third-order valence-electron chi connectivity index (χ3n) is 5.06. The van der Waals surface area contributed by atoms with E-state index < -0.39 is 0 Å². The SMILES string of the molecule is O=C1Nc2ccc(Br)cc2/C1=C(/NC1CCCCC1)c1cccc(O)c1. The third kappa shape index (κ3) is 3.36. The molecule has 1 heterocycles.